The number of carboxylic acid groups (broad SMARTS) is 1. The van der Waals surface area contributed by atoms with E-state index in [1.807, 2.05) is 11.8 Å². The van der Waals surface area contributed by atoms with Crippen molar-refractivity contribution in [2.75, 3.05) is 50.1 Å². The van der Waals surface area contributed by atoms with Gasteiger partial charge in [-0.2, -0.15) is 0 Å². The van der Waals surface area contributed by atoms with Crippen LogP contribution in [0.2, 0.25) is 0 Å². The maximum atomic E-state index is 11.6. The molecule has 1 aromatic heterocycles. The smallest absolute Gasteiger partial charge is 0.339 e. The van der Waals surface area contributed by atoms with Crippen LogP contribution in [0.3, 0.4) is 0 Å². The number of carboxylic acids is 1. The van der Waals surface area contributed by atoms with Crippen molar-refractivity contribution in [3.05, 3.63) is 17.8 Å². The minimum absolute atomic E-state index is 0.116. The third-order valence-electron chi connectivity index (χ3n) is 4.81. The van der Waals surface area contributed by atoms with Gasteiger partial charge in [0, 0.05) is 45.8 Å². The number of nitrogens with zero attached hydrogens (tertiary/aromatic N) is 3. The summed E-state index contributed by atoms with van der Waals surface area (Å²) in [6, 6.07) is 1.95. The molecule has 0 unspecified atom stereocenters. The lowest BCUT2D eigenvalue weighted by atomic mass is 10.0. The Labute approximate surface area is 160 Å². The second-order valence-corrected chi connectivity index (χ2v) is 6.83. The van der Waals surface area contributed by atoms with Crippen molar-refractivity contribution in [1.29, 1.82) is 0 Å². The molecule has 0 aliphatic carbocycles. The molecule has 0 atom stereocenters. The molecule has 2 N–H and O–H groups in total. The summed E-state index contributed by atoms with van der Waals surface area (Å²) in [6.45, 7) is 7.43. The fraction of sp³-hybridized carbons (Fsp3) is 0.632. The molecule has 1 saturated heterocycles. The Morgan fingerprint density at radius 2 is 2.11 bits per heavy atom. The van der Waals surface area contributed by atoms with E-state index in [1.54, 1.807) is 0 Å². The van der Waals surface area contributed by atoms with E-state index >= 15 is 0 Å². The van der Waals surface area contributed by atoms with Gasteiger partial charge in [-0.1, -0.05) is 0 Å². The van der Waals surface area contributed by atoms with E-state index < -0.39 is 5.97 Å². The van der Waals surface area contributed by atoms with Gasteiger partial charge in [-0.25, -0.2) is 9.78 Å². The average Bonchev–Trinajstić information content (AvgIpc) is 2.64. The SMILES string of the molecule is CCOCCCN(C)C1CCN(c2ncc(NC(C)=O)cc2C(=O)O)CC1. The predicted octanol–water partition coefficient (Wildman–Crippen LogP) is 2.07. The van der Waals surface area contributed by atoms with Crippen LogP contribution in [-0.2, 0) is 9.53 Å². The first-order chi connectivity index (χ1) is 12.9. The summed E-state index contributed by atoms with van der Waals surface area (Å²) in [5, 5.41) is 12.1. The molecule has 1 fully saturated rings. The molecule has 0 spiro atoms. The van der Waals surface area contributed by atoms with Gasteiger partial charge in [0.2, 0.25) is 5.91 Å². The number of aromatic nitrogens is 1. The Hall–Kier alpha value is -2.19. The zero-order valence-corrected chi connectivity index (χ0v) is 16.4. The van der Waals surface area contributed by atoms with Gasteiger partial charge in [-0.15, -0.1) is 0 Å². The number of hydrogen-bond donors (Lipinski definition) is 2. The number of nitrogens with one attached hydrogen (secondary N) is 1. The van der Waals surface area contributed by atoms with Gasteiger partial charge in [-0.05, 0) is 39.3 Å². The van der Waals surface area contributed by atoms with Gasteiger partial charge >= 0.3 is 5.97 Å². The van der Waals surface area contributed by atoms with Gasteiger partial charge in [-0.3, -0.25) is 4.79 Å². The monoisotopic (exact) mass is 378 g/mol. The minimum Gasteiger partial charge on any atom is -0.478 e. The summed E-state index contributed by atoms with van der Waals surface area (Å²) in [7, 11) is 2.13. The van der Waals surface area contributed by atoms with Gasteiger partial charge in [0.25, 0.3) is 0 Å². The number of rotatable bonds is 9. The second-order valence-electron chi connectivity index (χ2n) is 6.83. The van der Waals surface area contributed by atoms with E-state index in [9.17, 15) is 14.7 Å². The number of hydrogen-bond acceptors (Lipinski definition) is 6. The van der Waals surface area contributed by atoms with E-state index in [0.717, 1.165) is 52.1 Å². The third kappa shape index (κ3) is 6.18. The zero-order valence-electron chi connectivity index (χ0n) is 16.4. The number of carbonyl (C=O) groups is 2. The number of amides is 1. The number of ether oxygens (including phenoxy) is 1. The van der Waals surface area contributed by atoms with E-state index in [-0.39, 0.29) is 11.5 Å². The molecule has 0 radical (unpaired) electrons. The fourth-order valence-corrected chi connectivity index (χ4v) is 3.40. The van der Waals surface area contributed by atoms with Crippen LogP contribution in [0.4, 0.5) is 11.5 Å². The maximum absolute atomic E-state index is 11.6. The highest BCUT2D eigenvalue weighted by molar-refractivity contribution is 5.96. The van der Waals surface area contributed by atoms with Crippen molar-refractivity contribution in [2.45, 2.75) is 39.2 Å². The summed E-state index contributed by atoms with van der Waals surface area (Å²) < 4.78 is 5.39. The molecular weight excluding hydrogens is 348 g/mol. The predicted molar refractivity (Wildman–Crippen MR) is 104 cm³/mol. The number of carbonyl (C=O) groups excluding carboxylic acids is 1. The highest BCUT2D eigenvalue weighted by atomic mass is 16.5. The highest BCUT2D eigenvalue weighted by Crippen LogP contribution is 2.26. The number of aromatic carboxylic acids is 1. The Morgan fingerprint density at radius 3 is 2.70 bits per heavy atom. The molecule has 1 aliphatic rings. The normalized spacial score (nSPS) is 15.2. The number of piperidine rings is 1. The van der Waals surface area contributed by atoms with Gasteiger partial charge in [0.05, 0.1) is 11.9 Å². The van der Waals surface area contributed by atoms with E-state index in [1.165, 1.54) is 19.2 Å². The van der Waals surface area contributed by atoms with E-state index in [0.29, 0.717) is 17.5 Å². The summed E-state index contributed by atoms with van der Waals surface area (Å²) in [6.07, 6.45) is 4.44. The molecule has 1 aromatic rings. The molecule has 8 heteroatoms. The van der Waals surface area contributed by atoms with Crippen LogP contribution >= 0.6 is 0 Å². The molecule has 1 aliphatic heterocycles. The van der Waals surface area contributed by atoms with Crippen LogP contribution in [0.15, 0.2) is 12.3 Å². The summed E-state index contributed by atoms with van der Waals surface area (Å²) in [4.78, 5) is 31.5. The molecule has 2 rings (SSSR count). The van der Waals surface area contributed by atoms with Crippen molar-refractivity contribution in [3.8, 4) is 0 Å². The molecule has 0 aromatic carbocycles. The van der Waals surface area contributed by atoms with Gasteiger partial charge in [0.1, 0.15) is 11.4 Å². The van der Waals surface area contributed by atoms with Crippen LogP contribution in [0.5, 0.6) is 0 Å². The summed E-state index contributed by atoms with van der Waals surface area (Å²) >= 11 is 0. The first kappa shape index (κ1) is 21.1. The Kier molecular flexibility index (Phi) is 7.99. The zero-order chi connectivity index (χ0) is 19.8. The van der Waals surface area contributed by atoms with Crippen LogP contribution in [0.1, 0.15) is 43.5 Å². The minimum atomic E-state index is -1.04. The number of pyridine rings is 1. The average molecular weight is 378 g/mol. The quantitative estimate of drug-likeness (QED) is 0.635. The standard InChI is InChI=1S/C19H30N4O4/c1-4-27-11-5-8-22(3)16-6-9-23(10-7-16)18-17(19(25)26)12-15(13-20-18)21-14(2)24/h12-13,16H,4-11H2,1-3H3,(H,21,24)(H,25,26). The van der Waals surface area contributed by atoms with Gasteiger partial charge < -0.3 is 25.0 Å². The van der Waals surface area contributed by atoms with Crippen LogP contribution in [0.25, 0.3) is 0 Å². The van der Waals surface area contributed by atoms with Crippen molar-refractivity contribution >= 4 is 23.4 Å². The molecule has 0 saturated carbocycles. The molecule has 1 amide bonds. The second kappa shape index (κ2) is 10.2. The van der Waals surface area contributed by atoms with Crippen molar-refractivity contribution in [1.82, 2.24) is 9.88 Å². The lowest BCUT2D eigenvalue weighted by Crippen LogP contribution is -2.44. The van der Waals surface area contributed by atoms with Crippen LogP contribution in [0, 0.1) is 0 Å². The van der Waals surface area contributed by atoms with E-state index in [2.05, 4.69) is 22.2 Å². The lowest BCUT2D eigenvalue weighted by molar-refractivity contribution is -0.114. The largest absolute Gasteiger partial charge is 0.478 e. The topological polar surface area (TPSA) is 95.0 Å². The van der Waals surface area contributed by atoms with Crippen molar-refractivity contribution in [3.63, 3.8) is 0 Å². The van der Waals surface area contributed by atoms with Crippen molar-refractivity contribution < 1.29 is 19.4 Å². The lowest BCUT2D eigenvalue weighted by Gasteiger charge is -2.37. The Bertz CT molecular complexity index is 645. The van der Waals surface area contributed by atoms with Crippen LogP contribution < -0.4 is 10.2 Å². The molecule has 2 heterocycles. The Balaban J connectivity index is 1.96. The molecule has 150 valence electrons. The fourth-order valence-electron chi connectivity index (χ4n) is 3.40. The van der Waals surface area contributed by atoms with E-state index in [4.69, 9.17) is 4.74 Å². The van der Waals surface area contributed by atoms with Crippen molar-refractivity contribution in [2.24, 2.45) is 0 Å². The highest BCUT2D eigenvalue weighted by Gasteiger charge is 2.26. The third-order valence-corrected chi connectivity index (χ3v) is 4.81. The Morgan fingerprint density at radius 1 is 1.41 bits per heavy atom. The first-order valence-electron chi connectivity index (χ1n) is 9.46. The van der Waals surface area contributed by atoms with Crippen LogP contribution in [-0.4, -0.2) is 72.8 Å². The maximum Gasteiger partial charge on any atom is 0.339 e. The summed E-state index contributed by atoms with van der Waals surface area (Å²) in [5.74, 6) is -0.831. The van der Waals surface area contributed by atoms with Gasteiger partial charge in [0.15, 0.2) is 0 Å². The number of anilines is 2. The first-order valence-corrected chi connectivity index (χ1v) is 9.46. The molecule has 0 bridgehead atoms. The molecule has 8 nitrogen and oxygen atoms in total. The molecule has 27 heavy (non-hydrogen) atoms. The summed E-state index contributed by atoms with van der Waals surface area (Å²) in [5.41, 5.74) is 0.511. The molecular formula is C19H30N4O4.